The van der Waals surface area contributed by atoms with Crippen LogP contribution in [-0.2, 0) is 31.9 Å². The van der Waals surface area contributed by atoms with Crippen LogP contribution in [0.25, 0.3) is 0 Å². The number of hydrogen-bond donors (Lipinski definition) is 6. The number of amidine groups is 1. The van der Waals surface area contributed by atoms with Gasteiger partial charge in [0, 0.05) is 13.5 Å². The number of benzene rings is 2. The van der Waals surface area contributed by atoms with Crippen molar-refractivity contribution in [2.24, 2.45) is 5.73 Å². The molecule has 0 bridgehead atoms. The fourth-order valence-corrected chi connectivity index (χ4v) is 5.16. The maximum Gasteiger partial charge on any atom is 0.242 e. The first-order chi connectivity index (χ1) is 17.0. The Balaban J connectivity index is 0.00000684. The highest BCUT2D eigenvalue weighted by atomic mass is 32.2. The molecule has 0 heterocycles. The van der Waals surface area contributed by atoms with E-state index in [1.54, 1.807) is 54.6 Å². The number of thioether (sulfide) groups is 1. The van der Waals surface area contributed by atoms with Gasteiger partial charge in [-0.1, -0.05) is 54.6 Å². The second-order valence-electron chi connectivity index (χ2n) is 8.25. The Kier molecular flexibility index (Phi) is 11.4. The molecule has 0 aliphatic carbocycles. The van der Waals surface area contributed by atoms with E-state index in [4.69, 9.17) is 11.1 Å². The number of aliphatic hydroxyl groups is 1. The van der Waals surface area contributed by atoms with Gasteiger partial charge < -0.3 is 21.5 Å². The van der Waals surface area contributed by atoms with Crippen LogP contribution >= 0.6 is 11.8 Å². The maximum atomic E-state index is 13.0. The number of carbonyl (C=O) groups excluding carboxylic acids is 2. The standard InChI is InChI=1S/C24H33N5O5S2.H2/c1-16(30)21(29-36(33,34)15-18-6-4-3-5-7-18)24(32)28-20(12-13-35-2)23(31)27-14-17-8-10-19(11-9-17)22(25)26;/h3-11,16,20-21,29-30H,12-15H2,1-2H3,(H3,25,26)(H,27,31)(H,28,32);1H/t16?,20-,21+;/m0./s1. The van der Waals surface area contributed by atoms with Crippen molar-refractivity contribution in [3.8, 4) is 0 Å². The Morgan fingerprint density at radius 1 is 1.08 bits per heavy atom. The summed E-state index contributed by atoms with van der Waals surface area (Å²) in [5.41, 5.74) is 7.32. The van der Waals surface area contributed by atoms with Crippen LogP contribution in [0.4, 0.5) is 0 Å². The molecule has 0 fully saturated rings. The van der Waals surface area contributed by atoms with Crippen molar-refractivity contribution in [1.82, 2.24) is 15.4 Å². The zero-order chi connectivity index (χ0) is 26.7. The molecule has 10 nitrogen and oxygen atoms in total. The second-order valence-corrected chi connectivity index (χ2v) is 11.0. The lowest BCUT2D eigenvalue weighted by molar-refractivity contribution is -0.131. The average Bonchev–Trinajstić information content (AvgIpc) is 2.83. The fraction of sp³-hybridized carbons (Fsp3) is 0.375. The minimum atomic E-state index is -3.95. The van der Waals surface area contributed by atoms with E-state index >= 15 is 0 Å². The lowest BCUT2D eigenvalue weighted by atomic mass is 10.1. The summed E-state index contributed by atoms with van der Waals surface area (Å²) in [4.78, 5) is 25.8. The van der Waals surface area contributed by atoms with E-state index in [1.165, 1.54) is 18.7 Å². The number of sulfonamides is 1. The Labute approximate surface area is 217 Å². The van der Waals surface area contributed by atoms with Gasteiger partial charge in [0.25, 0.3) is 0 Å². The molecule has 2 rings (SSSR count). The van der Waals surface area contributed by atoms with Gasteiger partial charge in [-0.05, 0) is 36.5 Å². The second kappa shape index (κ2) is 14.0. The van der Waals surface area contributed by atoms with Crippen molar-refractivity contribution >= 4 is 39.4 Å². The third-order valence-corrected chi connectivity index (χ3v) is 7.22. The van der Waals surface area contributed by atoms with Gasteiger partial charge in [0.15, 0.2) is 0 Å². The molecule has 1 unspecified atom stereocenters. The highest BCUT2D eigenvalue weighted by molar-refractivity contribution is 7.98. The van der Waals surface area contributed by atoms with Gasteiger partial charge in [-0.25, -0.2) is 8.42 Å². The molecule has 2 aromatic carbocycles. The van der Waals surface area contributed by atoms with Crippen LogP contribution in [0.5, 0.6) is 0 Å². The summed E-state index contributed by atoms with van der Waals surface area (Å²) in [6.07, 6.45) is 0.842. The SMILES string of the molecule is CSCC[C@H](NC(=O)[C@H](NS(=O)(=O)Cc1ccccc1)C(C)O)C(=O)NCc1ccc(C(=N)N)cc1.[HH]. The molecule has 0 radical (unpaired) electrons. The van der Waals surface area contributed by atoms with Crippen LogP contribution in [0.3, 0.4) is 0 Å². The molecule has 0 aromatic heterocycles. The number of rotatable bonds is 14. The monoisotopic (exact) mass is 537 g/mol. The first-order valence-electron chi connectivity index (χ1n) is 11.2. The molecule has 3 atom stereocenters. The molecule has 0 saturated carbocycles. The zero-order valence-corrected chi connectivity index (χ0v) is 21.9. The van der Waals surface area contributed by atoms with Crippen LogP contribution in [0.2, 0.25) is 0 Å². The van der Waals surface area contributed by atoms with Crippen LogP contribution in [0.1, 0.15) is 31.5 Å². The number of hydrogen-bond acceptors (Lipinski definition) is 7. The van der Waals surface area contributed by atoms with E-state index in [1.807, 2.05) is 6.26 Å². The average molecular weight is 538 g/mol. The predicted molar refractivity (Wildman–Crippen MR) is 144 cm³/mol. The van der Waals surface area contributed by atoms with E-state index in [0.29, 0.717) is 23.3 Å². The summed E-state index contributed by atoms with van der Waals surface area (Å²) >= 11 is 1.50. The molecule has 0 aliphatic rings. The maximum absolute atomic E-state index is 13.0. The third kappa shape index (κ3) is 9.61. The molecule has 2 aromatic rings. The Morgan fingerprint density at radius 3 is 2.28 bits per heavy atom. The van der Waals surface area contributed by atoms with Gasteiger partial charge in [-0.2, -0.15) is 16.5 Å². The minimum absolute atomic E-state index is 0. The van der Waals surface area contributed by atoms with Gasteiger partial charge >= 0.3 is 0 Å². The van der Waals surface area contributed by atoms with Gasteiger partial charge in [-0.3, -0.25) is 15.0 Å². The first kappa shape index (κ1) is 29.3. The number of carbonyl (C=O) groups is 2. The van der Waals surface area contributed by atoms with Crippen molar-refractivity contribution in [2.75, 3.05) is 12.0 Å². The summed E-state index contributed by atoms with van der Waals surface area (Å²) in [6, 6.07) is 12.9. The number of aliphatic hydroxyl groups excluding tert-OH is 1. The van der Waals surface area contributed by atoms with E-state index in [-0.39, 0.29) is 19.6 Å². The van der Waals surface area contributed by atoms with Crippen LogP contribution < -0.4 is 21.1 Å². The number of nitrogens with two attached hydrogens (primary N) is 1. The zero-order valence-electron chi connectivity index (χ0n) is 20.2. The van der Waals surface area contributed by atoms with Crippen LogP contribution in [0.15, 0.2) is 54.6 Å². The van der Waals surface area contributed by atoms with Gasteiger partial charge in [-0.15, -0.1) is 0 Å². The van der Waals surface area contributed by atoms with Crippen molar-refractivity contribution in [1.29, 1.82) is 5.41 Å². The van der Waals surface area contributed by atoms with E-state index in [0.717, 1.165) is 5.56 Å². The highest BCUT2D eigenvalue weighted by Gasteiger charge is 2.31. The van der Waals surface area contributed by atoms with E-state index in [9.17, 15) is 23.1 Å². The Morgan fingerprint density at radius 2 is 1.72 bits per heavy atom. The van der Waals surface area contributed by atoms with E-state index in [2.05, 4.69) is 15.4 Å². The molecule has 0 saturated heterocycles. The Hall–Kier alpha value is -2.93. The molecule has 7 N–H and O–H groups in total. The molecular formula is C24H35N5O5S2. The largest absolute Gasteiger partial charge is 0.391 e. The van der Waals surface area contributed by atoms with E-state index < -0.39 is 40.0 Å². The summed E-state index contributed by atoms with van der Waals surface area (Å²) in [6.45, 7) is 1.49. The molecular weight excluding hydrogens is 502 g/mol. The van der Waals surface area contributed by atoms with Crippen molar-refractivity contribution in [2.45, 2.75) is 43.8 Å². The normalized spacial score (nSPS) is 13.9. The van der Waals surface area contributed by atoms with Crippen molar-refractivity contribution in [3.63, 3.8) is 0 Å². The van der Waals surface area contributed by atoms with Gasteiger partial charge in [0.05, 0.1) is 11.9 Å². The number of amides is 2. The predicted octanol–water partition coefficient (Wildman–Crippen LogP) is 0.940. The topological polar surface area (TPSA) is 174 Å². The summed E-state index contributed by atoms with van der Waals surface area (Å²) in [7, 11) is -3.95. The molecule has 0 aliphatic heterocycles. The molecule has 36 heavy (non-hydrogen) atoms. The quantitative estimate of drug-likeness (QED) is 0.154. The summed E-state index contributed by atoms with van der Waals surface area (Å²) < 4.78 is 27.5. The molecule has 198 valence electrons. The van der Waals surface area contributed by atoms with Crippen LogP contribution in [0, 0.1) is 5.41 Å². The smallest absolute Gasteiger partial charge is 0.242 e. The van der Waals surface area contributed by atoms with Crippen molar-refractivity contribution < 1.29 is 24.5 Å². The van der Waals surface area contributed by atoms with Crippen molar-refractivity contribution in [3.05, 3.63) is 71.3 Å². The Bertz CT molecular complexity index is 1130. The van der Waals surface area contributed by atoms with Crippen LogP contribution in [-0.4, -0.2) is 61.4 Å². The molecule has 0 spiro atoms. The lowest BCUT2D eigenvalue weighted by Gasteiger charge is -2.24. The fourth-order valence-electron chi connectivity index (χ4n) is 3.28. The highest BCUT2D eigenvalue weighted by Crippen LogP contribution is 2.09. The van der Waals surface area contributed by atoms with Gasteiger partial charge in [0.2, 0.25) is 21.8 Å². The third-order valence-electron chi connectivity index (χ3n) is 5.25. The number of nitrogens with one attached hydrogen (secondary N) is 4. The van der Waals surface area contributed by atoms with Gasteiger partial charge in [0.1, 0.15) is 17.9 Å². The first-order valence-corrected chi connectivity index (χ1v) is 14.3. The number of nitrogen functional groups attached to an aromatic ring is 1. The summed E-state index contributed by atoms with van der Waals surface area (Å²) in [5, 5.41) is 22.9. The lowest BCUT2D eigenvalue weighted by Crippen LogP contribution is -2.57. The molecule has 12 heteroatoms. The minimum Gasteiger partial charge on any atom is -0.391 e. The molecule has 2 amide bonds. The summed E-state index contributed by atoms with van der Waals surface area (Å²) in [5.74, 6) is -1.08.